The maximum absolute atomic E-state index is 11.9. The third-order valence-corrected chi connectivity index (χ3v) is 5.61. The first kappa shape index (κ1) is 31.0. The number of nitrogens with two attached hydrogens (primary N) is 1. The smallest absolute Gasteiger partial charge is 0.457 e. The normalized spacial score (nSPS) is 14.8. The highest BCUT2D eigenvalue weighted by Gasteiger charge is 2.24. The molecule has 0 spiro atoms. The average molecular weight is 478 g/mol. The fourth-order valence-corrected chi connectivity index (χ4v) is 3.60. The van der Waals surface area contributed by atoms with Crippen molar-refractivity contribution in [2.24, 2.45) is 5.73 Å². The van der Waals surface area contributed by atoms with Gasteiger partial charge in [0.05, 0.1) is 19.8 Å². The van der Waals surface area contributed by atoms with Crippen molar-refractivity contribution in [2.45, 2.75) is 90.1 Å². The highest BCUT2D eigenvalue weighted by molar-refractivity contribution is 7.47. The van der Waals surface area contributed by atoms with Gasteiger partial charge in [0.25, 0.3) is 0 Å². The van der Waals surface area contributed by atoms with Crippen molar-refractivity contribution < 1.29 is 33.1 Å². The summed E-state index contributed by atoms with van der Waals surface area (Å²) in [4.78, 5) is 21.3. The summed E-state index contributed by atoms with van der Waals surface area (Å²) in [6.07, 6.45) is 20.2. The van der Waals surface area contributed by atoms with Crippen LogP contribution in [-0.2, 0) is 23.1 Å². The lowest BCUT2D eigenvalue weighted by molar-refractivity contribution is -0.153. The van der Waals surface area contributed by atoms with E-state index in [0.717, 1.165) is 38.5 Å². The molecule has 0 heterocycles. The Hall–Kier alpha value is -1.02. The van der Waals surface area contributed by atoms with Crippen LogP contribution in [0.25, 0.3) is 0 Å². The fraction of sp³-hybridized carbons (Fsp3) is 0.783. The number of ether oxygens (including phenoxy) is 1. The van der Waals surface area contributed by atoms with Gasteiger partial charge in [-0.25, -0.2) is 4.57 Å². The lowest BCUT2D eigenvalue weighted by Gasteiger charge is -2.17. The highest BCUT2D eigenvalue weighted by Crippen LogP contribution is 2.42. The molecule has 0 aliphatic heterocycles. The lowest BCUT2D eigenvalue weighted by atomic mass is 10.1. The van der Waals surface area contributed by atoms with E-state index in [1.807, 2.05) is 0 Å². The summed E-state index contributed by atoms with van der Waals surface area (Å²) in [6.45, 7) is 1.21. The zero-order chi connectivity index (χ0) is 23.9. The van der Waals surface area contributed by atoms with E-state index in [1.165, 1.54) is 25.7 Å². The zero-order valence-electron chi connectivity index (χ0n) is 19.7. The Kier molecular flexibility index (Phi) is 21.1. The minimum Gasteiger partial charge on any atom is -0.457 e. The number of esters is 1. The number of hydrogen-bond acceptors (Lipinski definition) is 7. The van der Waals surface area contributed by atoms with Crippen LogP contribution in [0.15, 0.2) is 24.3 Å². The molecule has 9 heteroatoms. The van der Waals surface area contributed by atoms with E-state index in [0.29, 0.717) is 6.42 Å². The Balaban J connectivity index is 3.69. The van der Waals surface area contributed by atoms with Crippen LogP contribution in [0.3, 0.4) is 0 Å². The summed E-state index contributed by atoms with van der Waals surface area (Å²) in [5.41, 5.74) is 5.19. The third-order valence-electron chi connectivity index (χ3n) is 4.63. The molecule has 8 nitrogen and oxygen atoms in total. The topological polar surface area (TPSA) is 128 Å². The van der Waals surface area contributed by atoms with Crippen LogP contribution >= 0.6 is 7.82 Å². The number of phosphoric ester groups is 1. The van der Waals surface area contributed by atoms with Crippen molar-refractivity contribution in [3.8, 4) is 0 Å². The number of aliphatic hydroxyl groups excluding tert-OH is 1. The van der Waals surface area contributed by atoms with Gasteiger partial charge in [0, 0.05) is 13.0 Å². The second kappa shape index (κ2) is 21.8. The van der Waals surface area contributed by atoms with Crippen LogP contribution in [0.4, 0.5) is 0 Å². The molecule has 0 saturated heterocycles. The van der Waals surface area contributed by atoms with Crippen molar-refractivity contribution in [3.63, 3.8) is 0 Å². The first-order valence-corrected chi connectivity index (χ1v) is 13.4. The molecule has 2 atom stereocenters. The predicted molar refractivity (Wildman–Crippen MR) is 127 cm³/mol. The Labute approximate surface area is 193 Å². The number of phosphoric acid groups is 1. The summed E-state index contributed by atoms with van der Waals surface area (Å²) in [6, 6.07) is 0. The molecule has 1 unspecified atom stereocenters. The Morgan fingerprint density at radius 2 is 1.59 bits per heavy atom. The van der Waals surface area contributed by atoms with Gasteiger partial charge in [-0.1, -0.05) is 63.3 Å². The van der Waals surface area contributed by atoms with E-state index in [2.05, 4.69) is 35.8 Å². The number of allylic oxidation sites excluding steroid dienone is 4. The molecule has 0 amide bonds. The van der Waals surface area contributed by atoms with Gasteiger partial charge in [-0.05, 0) is 38.5 Å². The number of carbonyl (C=O) groups excluding carboxylic acids is 1. The van der Waals surface area contributed by atoms with Crippen molar-refractivity contribution in [2.75, 3.05) is 26.4 Å². The molecule has 0 bridgehead atoms. The summed E-state index contributed by atoms with van der Waals surface area (Å²) in [5.74, 6) is -0.464. The monoisotopic (exact) mass is 477 g/mol. The summed E-state index contributed by atoms with van der Waals surface area (Å²) in [5, 5.41) is 9.25. The van der Waals surface area contributed by atoms with Gasteiger partial charge in [-0.15, -0.1) is 0 Å². The number of carbonyl (C=O) groups is 1. The Morgan fingerprint density at radius 3 is 2.22 bits per heavy atom. The Morgan fingerprint density at radius 1 is 0.969 bits per heavy atom. The van der Waals surface area contributed by atoms with Crippen LogP contribution in [0.5, 0.6) is 0 Å². The van der Waals surface area contributed by atoms with Crippen molar-refractivity contribution in [3.05, 3.63) is 24.3 Å². The maximum atomic E-state index is 11.9. The van der Waals surface area contributed by atoms with Gasteiger partial charge in [0.1, 0.15) is 6.10 Å². The fourth-order valence-electron chi connectivity index (χ4n) is 2.83. The summed E-state index contributed by atoms with van der Waals surface area (Å²) < 4.78 is 25.9. The van der Waals surface area contributed by atoms with Crippen LogP contribution in [0.1, 0.15) is 84.0 Å². The molecule has 0 saturated carbocycles. The molecule has 4 N–H and O–H groups in total. The zero-order valence-corrected chi connectivity index (χ0v) is 20.6. The van der Waals surface area contributed by atoms with E-state index in [1.54, 1.807) is 0 Å². The molecule has 32 heavy (non-hydrogen) atoms. The van der Waals surface area contributed by atoms with E-state index < -0.39 is 33.1 Å². The van der Waals surface area contributed by atoms with Gasteiger partial charge in [-0.3, -0.25) is 13.8 Å². The van der Waals surface area contributed by atoms with Gasteiger partial charge in [-0.2, -0.15) is 0 Å². The van der Waals surface area contributed by atoms with Crippen LogP contribution in [-0.4, -0.2) is 48.4 Å². The SMILES string of the molecule is CCCCC/C=C/C/C=C/CCCCCCCC(=O)O[C@H](CO)COP(=O)(O)OCCN. The molecule has 188 valence electrons. The van der Waals surface area contributed by atoms with E-state index >= 15 is 0 Å². The minimum atomic E-state index is -4.26. The second-order valence-corrected chi connectivity index (χ2v) is 9.11. The lowest BCUT2D eigenvalue weighted by Crippen LogP contribution is -2.27. The third kappa shape index (κ3) is 20.9. The number of rotatable bonds is 22. The molecule has 0 aliphatic carbocycles. The molecular weight excluding hydrogens is 433 g/mol. The molecule has 0 radical (unpaired) electrons. The quantitative estimate of drug-likeness (QED) is 0.0878. The van der Waals surface area contributed by atoms with Gasteiger partial charge < -0.3 is 20.5 Å². The van der Waals surface area contributed by atoms with Gasteiger partial charge in [0.2, 0.25) is 0 Å². The van der Waals surface area contributed by atoms with Gasteiger partial charge in [0.15, 0.2) is 0 Å². The molecule has 0 rings (SSSR count). The van der Waals surface area contributed by atoms with E-state index in [-0.39, 0.29) is 19.6 Å². The summed E-state index contributed by atoms with van der Waals surface area (Å²) >= 11 is 0. The second-order valence-electron chi connectivity index (χ2n) is 7.66. The Bertz CT molecular complexity index is 554. The standard InChI is InChI=1S/C23H44NO7P/c1-2-3-4-5-6-7-8-9-10-11-12-13-14-15-16-17-23(26)31-22(20-25)21-30-32(27,28)29-19-18-24/h6-7,9-10,22,25H,2-5,8,11-21,24H2,1H3,(H,27,28)/b7-6+,10-9+/t22-/m1/s1. The molecule has 0 aromatic carbocycles. The molecule has 0 aromatic rings. The first-order valence-electron chi connectivity index (χ1n) is 11.9. The summed E-state index contributed by atoms with van der Waals surface area (Å²) in [7, 11) is -4.26. The van der Waals surface area contributed by atoms with E-state index in [9.17, 15) is 19.4 Å². The number of hydrogen-bond donors (Lipinski definition) is 3. The molecule has 0 fully saturated rings. The minimum absolute atomic E-state index is 0.0693. The van der Waals surface area contributed by atoms with Crippen molar-refractivity contribution in [1.29, 1.82) is 0 Å². The highest BCUT2D eigenvalue weighted by atomic mass is 31.2. The largest absolute Gasteiger partial charge is 0.472 e. The molecule has 0 aromatic heterocycles. The van der Waals surface area contributed by atoms with Crippen molar-refractivity contribution in [1.82, 2.24) is 0 Å². The number of unbranched alkanes of at least 4 members (excludes halogenated alkanes) is 8. The van der Waals surface area contributed by atoms with Crippen LogP contribution in [0, 0.1) is 0 Å². The number of aliphatic hydroxyl groups is 1. The maximum Gasteiger partial charge on any atom is 0.472 e. The van der Waals surface area contributed by atoms with Gasteiger partial charge >= 0.3 is 13.8 Å². The predicted octanol–water partition coefficient (Wildman–Crippen LogP) is 4.80. The van der Waals surface area contributed by atoms with Crippen LogP contribution in [0.2, 0.25) is 0 Å². The van der Waals surface area contributed by atoms with Crippen LogP contribution < -0.4 is 5.73 Å². The molecule has 0 aliphatic rings. The van der Waals surface area contributed by atoms with Crippen molar-refractivity contribution >= 4 is 13.8 Å². The first-order chi connectivity index (χ1) is 15.4. The molecular formula is C23H44NO7P. The average Bonchev–Trinajstić information content (AvgIpc) is 2.77. The van der Waals surface area contributed by atoms with E-state index in [4.69, 9.17) is 15.0 Å².